The van der Waals surface area contributed by atoms with Gasteiger partial charge >= 0.3 is 0 Å². The Morgan fingerprint density at radius 1 is 1.19 bits per heavy atom. The molecule has 0 radical (unpaired) electrons. The SMILES string of the molecule is CCN(CC)Cc1cccc(CNC(=NC)NCC2CCCN2CC)c1. The molecule has 0 aromatic heterocycles. The first kappa shape index (κ1) is 20.7. The first-order valence-electron chi connectivity index (χ1n) is 10.2. The summed E-state index contributed by atoms with van der Waals surface area (Å²) in [4.78, 5) is 9.37. The third-order valence-corrected chi connectivity index (χ3v) is 5.39. The van der Waals surface area contributed by atoms with Crippen molar-refractivity contribution in [3.8, 4) is 0 Å². The fraction of sp³-hybridized carbons (Fsp3) is 0.667. The highest BCUT2D eigenvalue weighted by molar-refractivity contribution is 5.79. The lowest BCUT2D eigenvalue weighted by Gasteiger charge is -2.24. The van der Waals surface area contributed by atoms with Crippen molar-refractivity contribution >= 4 is 5.96 Å². The molecule has 2 N–H and O–H groups in total. The van der Waals surface area contributed by atoms with Gasteiger partial charge in [0.05, 0.1) is 0 Å². The highest BCUT2D eigenvalue weighted by Gasteiger charge is 2.22. The second-order valence-electron chi connectivity index (χ2n) is 7.01. The molecule has 0 amide bonds. The number of likely N-dealkylation sites (N-methyl/N-ethyl adjacent to an activating group) is 1. The second kappa shape index (κ2) is 11.2. The zero-order chi connectivity index (χ0) is 18.8. The normalized spacial score (nSPS) is 18.5. The van der Waals surface area contributed by atoms with E-state index in [-0.39, 0.29) is 0 Å². The summed E-state index contributed by atoms with van der Waals surface area (Å²) in [5.41, 5.74) is 2.68. The van der Waals surface area contributed by atoms with Gasteiger partial charge in [0.25, 0.3) is 0 Å². The van der Waals surface area contributed by atoms with E-state index < -0.39 is 0 Å². The van der Waals surface area contributed by atoms with Gasteiger partial charge < -0.3 is 10.6 Å². The van der Waals surface area contributed by atoms with Gasteiger partial charge in [0.15, 0.2) is 5.96 Å². The van der Waals surface area contributed by atoms with E-state index in [4.69, 9.17) is 0 Å². The fourth-order valence-corrected chi connectivity index (χ4v) is 3.71. The van der Waals surface area contributed by atoms with Crippen LogP contribution in [0.3, 0.4) is 0 Å². The Morgan fingerprint density at radius 3 is 2.65 bits per heavy atom. The Morgan fingerprint density at radius 2 is 1.96 bits per heavy atom. The zero-order valence-corrected chi connectivity index (χ0v) is 17.1. The molecule has 2 rings (SSSR count). The standard InChI is InChI=1S/C21H37N5/c1-5-25(6-2)17-19-11-8-10-18(14-19)15-23-21(22-4)24-16-20-12-9-13-26(20)7-3/h8,10-11,14,20H,5-7,9,12-13,15-17H2,1-4H3,(H2,22,23,24). The van der Waals surface area contributed by atoms with Crippen LogP contribution in [0.5, 0.6) is 0 Å². The molecular weight excluding hydrogens is 322 g/mol. The smallest absolute Gasteiger partial charge is 0.191 e. The minimum absolute atomic E-state index is 0.635. The van der Waals surface area contributed by atoms with Gasteiger partial charge in [-0.1, -0.05) is 45.0 Å². The number of aliphatic imine (C=N–C) groups is 1. The summed E-state index contributed by atoms with van der Waals surface area (Å²) in [6.07, 6.45) is 2.59. The average Bonchev–Trinajstić information content (AvgIpc) is 3.14. The molecule has 1 unspecified atom stereocenters. The van der Waals surface area contributed by atoms with Crippen LogP contribution in [0.15, 0.2) is 29.3 Å². The van der Waals surface area contributed by atoms with Crippen molar-refractivity contribution < 1.29 is 0 Å². The van der Waals surface area contributed by atoms with E-state index in [1.807, 2.05) is 7.05 Å². The highest BCUT2D eigenvalue weighted by Crippen LogP contribution is 2.15. The third kappa shape index (κ3) is 6.29. The summed E-state index contributed by atoms with van der Waals surface area (Å²) in [6, 6.07) is 9.49. The zero-order valence-electron chi connectivity index (χ0n) is 17.1. The number of nitrogens with zero attached hydrogens (tertiary/aromatic N) is 3. The predicted octanol–water partition coefficient (Wildman–Crippen LogP) is 2.68. The van der Waals surface area contributed by atoms with Crippen LogP contribution < -0.4 is 10.6 Å². The minimum atomic E-state index is 0.635. The maximum absolute atomic E-state index is 4.38. The molecule has 0 aliphatic carbocycles. The molecule has 1 aromatic rings. The Kier molecular flexibility index (Phi) is 8.92. The van der Waals surface area contributed by atoms with Crippen LogP contribution in [0.25, 0.3) is 0 Å². The molecule has 1 atom stereocenters. The summed E-state index contributed by atoms with van der Waals surface area (Å²) in [5, 5.41) is 6.96. The van der Waals surface area contributed by atoms with Crippen molar-refractivity contribution in [2.75, 3.05) is 39.8 Å². The predicted molar refractivity (Wildman–Crippen MR) is 112 cm³/mol. The quantitative estimate of drug-likeness (QED) is 0.525. The Hall–Kier alpha value is -1.59. The Balaban J connectivity index is 1.82. The van der Waals surface area contributed by atoms with Crippen LogP contribution in [0.2, 0.25) is 0 Å². The van der Waals surface area contributed by atoms with Crippen molar-refractivity contribution in [1.82, 2.24) is 20.4 Å². The van der Waals surface area contributed by atoms with E-state index in [1.165, 1.54) is 30.5 Å². The van der Waals surface area contributed by atoms with Crippen molar-refractivity contribution in [2.24, 2.45) is 4.99 Å². The summed E-state index contributed by atoms with van der Waals surface area (Å²) in [7, 11) is 1.85. The van der Waals surface area contributed by atoms with Crippen molar-refractivity contribution in [3.63, 3.8) is 0 Å². The second-order valence-corrected chi connectivity index (χ2v) is 7.01. The van der Waals surface area contributed by atoms with Gasteiger partial charge in [-0.25, -0.2) is 0 Å². The van der Waals surface area contributed by atoms with Gasteiger partial charge in [0, 0.05) is 32.7 Å². The summed E-state index contributed by atoms with van der Waals surface area (Å²) >= 11 is 0. The highest BCUT2D eigenvalue weighted by atomic mass is 15.2. The summed E-state index contributed by atoms with van der Waals surface area (Å²) < 4.78 is 0. The Labute approximate surface area is 159 Å². The van der Waals surface area contributed by atoms with Crippen LogP contribution in [-0.2, 0) is 13.1 Å². The molecule has 0 bridgehead atoms. The van der Waals surface area contributed by atoms with E-state index in [2.05, 4.69) is 70.5 Å². The molecule has 1 fully saturated rings. The van der Waals surface area contributed by atoms with Crippen molar-refractivity contribution in [3.05, 3.63) is 35.4 Å². The van der Waals surface area contributed by atoms with Crippen LogP contribution in [0, 0.1) is 0 Å². The molecule has 146 valence electrons. The Bertz CT molecular complexity index is 553. The molecule has 5 nitrogen and oxygen atoms in total. The molecule has 0 saturated carbocycles. The minimum Gasteiger partial charge on any atom is -0.355 e. The molecule has 1 saturated heterocycles. The molecule has 26 heavy (non-hydrogen) atoms. The van der Waals surface area contributed by atoms with Crippen LogP contribution >= 0.6 is 0 Å². The number of guanidine groups is 1. The van der Waals surface area contributed by atoms with Crippen LogP contribution in [0.4, 0.5) is 0 Å². The van der Waals surface area contributed by atoms with Gasteiger partial charge in [0.1, 0.15) is 0 Å². The van der Waals surface area contributed by atoms with E-state index in [9.17, 15) is 0 Å². The maximum Gasteiger partial charge on any atom is 0.191 e. The molecule has 0 spiro atoms. The third-order valence-electron chi connectivity index (χ3n) is 5.39. The lowest BCUT2D eigenvalue weighted by atomic mass is 10.1. The first-order valence-corrected chi connectivity index (χ1v) is 10.2. The number of likely N-dealkylation sites (tertiary alicyclic amines) is 1. The van der Waals surface area contributed by atoms with Gasteiger partial charge in [-0.3, -0.25) is 14.8 Å². The average molecular weight is 360 g/mol. The van der Waals surface area contributed by atoms with E-state index in [0.717, 1.165) is 45.2 Å². The van der Waals surface area contributed by atoms with Gasteiger partial charge in [-0.2, -0.15) is 0 Å². The number of benzene rings is 1. The molecule has 5 heteroatoms. The van der Waals surface area contributed by atoms with E-state index >= 15 is 0 Å². The summed E-state index contributed by atoms with van der Waals surface area (Å²) in [6.45, 7) is 14.0. The number of hydrogen-bond donors (Lipinski definition) is 2. The van der Waals surface area contributed by atoms with E-state index in [1.54, 1.807) is 0 Å². The van der Waals surface area contributed by atoms with Crippen molar-refractivity contribution in [2.45, 2.75) is 52.7 Å². The number of hydrogen-bond acceptors (Lipinski definition) is 3. The first-order chi connectivity index (χ1) is 12.7. The molecule has 1 aliphatic heterocycles. The topological polar surface area (TPSA) is 42.9 Å². The van der Waals surface area contributed by atoms with Crippen molar-refractivity contribution in [1.29, 1.82) is 0 Å². The van der Waals surface area contributed by atoms with Gasteiger partial charge in [-0.05, 0) is 50.1 Å². The molecule has 1 aromatic carbocycles. The fourth-order valence-electron chi connectivity index (χ4n) is 3.71. The monoisotopic (exact) mass is 359 g/mol. The maximum atomic E-state index is 4.38. The molecule has 1 heterocycles. The molecular formula is C21H37N5. The van der Waals surface area contributed by atoms with E-state index in [0.29, 0.717) is 6.04 Å². The van der Waals surface area contributed by atoms with Gasteiger partial charge in [-0.15, -0.1) is 0 Å². The lowest BCUT2D eigenvalue weighted by molar-refractivity contribution is 0.267. The van der Waals surface area contributed by atoms with Crippen LogP contribution in [-0.4, -0.2) is 61.6 Å². The van der Waals surface area contributed by atoms with Crippen LogP contribution in [0.1, 0.15) is 44.7 Å². The lowest BCUT2D eigenvalue weighted by Crippen LogP contribution is -2.44. The number of rotatable bonds is 9. The summed E-state index contributed by atoms with van der Waals surface area (Å²) in [5.74, 6) is 0.891. The largest absolute Gasteiger partial charge is 0.355 e. The molecule has 1 aliphatic rings. The van der Waals surface area contributed by atoms with Gasteiger partial charge in [0.2, 0.25) is 0 Å². The number of nitrogens with one attached hydrogen (secondary N) is 2.